The second kappa shape index (κ2) is 4.75. The van der Waals surface area contributed by atoms with E-state index in [4.69, 9.17) is 0 Å². The molecule has 1 aromatic carbocycles. The molecule has 1 heterocycles. The van der Waals surface area contributed by atoms with Crippen LogP contribution in [-0.2, 0) is 0 Å². The predicted octanol–water partition coefficient (Wildman–Crippen LogP) is 3.50. The molecular formula is C12H12N2S. The van der Waals surface area contributed by atoms with Crippen LogP contribution >= 0.6 is 11.3 Å². The molecule has 0 unspecified atom stereocenters. The van der Waals surface area contributed by atoms with E-state index in [9.17, 15) is 0 Å². The van der Waals surface area contributed by atoms with Gasteiger partial charge in [0.05, 0.1) is 11.9 Å². The Bertz CT molecular complexity index is 429. The Morgan fingerprint density at radius 3 is 2.67 bits per heavy atom. The van der Waals surface area contributed by atoms with E-state index in [0.29, 0.717) is 0 Å². The molecule has 0 fully saturated rings. The van der Waals surface area contributed by atoms with Crippen LogP contribution in [-0.4, -0.2) is 6.21 Å². The first-order valence-electron chi connectivity index (χ1n) is 4.74. The molecule has 3 heteroatoms. The lowest BCUT2D eigenvalue weighted by Gasteiger charge is -1.99. The molecule has 2 aromatic rings. The van der Waals surface area contributed by atoms with Crippen molar-refractivity contribution >= 4 is 23.2 Å². The van der Waals surface area contributed by atoms with E-state index >= 15 is 0 Å². The van der Waals surface area contributed by atoms with Crippen molar-refractivity contribution in [2.75, 3.05) is 5.43 Å². The number of hydrogen-bond donors (Lipinski definition) is 1. The maximum Gasteiger partial charge on any atom is 0.0644 e. The molecular weight excluding hydrogens is 204 g/mol. The molecule has 15 heavy (non-hydrogen) atoms. The van der Waals surface area contributed by atoms with Crippen molar-refractivity contribution in [3.8, 4) is 0 Å². The first kappa shape index (κ1) is 9.93. The average molecular weight is 216 g/mol. The highest BCUT2D eigenvalue weighted by Crippen LogP contribution is 2.09. The van der Waals surface area contributed by atoms with Crippen LogP contribution in [0.1, 0.15) is 10.4 Å². The Balaban J connectivity index is 1.96. The fraction of sp³-hybridized carbons (Fsp3) is 0.0833. The third kappa shape index (κ3) is 2.92. The summed E-state index contributed by atoms with van der Waals surface area (Å²) in [4.78, 5) is 1.15. The first-order valence-corrected chi connectivity index (χ1v) is 5.62. The average Bonchev–Trinajstić information content (AvgIpc) is 2.74. The van der Waals surface area contributed by atoms with Crippen LogP contribution in [0.25, 0.3) is 0 Å². The van der Waals surface area contributed by atoms with Crippen LogP contribution < -0.4 is 5.43 Å². The highest BCUT2D eigenvalue weighted by Gasteiger charge is 1.89. The van der Waals surface area contributed by atoms with E-state index in [-0.39, 0.29) is 0 Å². The monoisotopic (exact) mass is 216 g/mol. The van der Waals surface area contributed by atoms with Gasteiger partial charge in [-0.2, -0.15) is 5.10 Å². The number of anilines is 1. The zero-order valence-corrected chi connectivity index (χ0v) is 9.29. The zero-order valence-electron chi connectivity index (χ0n) is 8.47. The number of hydrazone groups is 1. The van der Waals surface area contributed by atoms with E-state index in [1.807, 2.05) is 35.9 Å². The van der Waals surface area contributed by atoms with Crippen molar-refractivity contribution in [1.82, 2.24) is 0 Å². The van der Waals surface area contributed by atoms with Crippen molar-refractivity contribution in [2.45, 2.75) is 6.92 Å². The van der Waals surface area contributed by atoms with Gasteiger partial charge in [0.1, 0.15) is 0 Å². The van der Waals surface area contributed by atoms with Gasteiger partial charge < -0.3 is 0 Å². The summed E-state index contributed by atoms with van der Waals surface area (Å²) in [5.41, 5.74) is 5.25. The van der Waals surface area contributed by atoms with Gasteiger partial charge in [-0.25, -0.2) is 0 Å². The van der Waals surface area contributed by atoms with Crippen LogP contribution in [0.15, 0.2) is 46.9 Å². The molecule has 0 bridgehead atoms. The van der Waals surface area contributed by atoms with Gasteiger partial charge in [-0.05, 0) is 30.5 Å². The van der Waals surface area contributed by atoms with Gasteiger partial charge in [0.15, 0.2) is 0 Å². The minimum atomic E-state index is 1.01. The van der Waals surface area contributed by atoms with Gasteiger partial charge in [-0.3, -0.25) is 5.43 Å². The summed E-state index contributed by atoms with van der Waals surface area (Å²) in [5.74, 6) is 0. The maximum atomic E-state index is 4.15. The SMILES string of the molecule is Cc1ccc(N/N=C\c2cccs2)cc1. The second-order valence-corrected chi connectivity index (χ2v) is 4.23. The van der Waals surface area contributed by atoms with E-state index < -0.39 is 0 Å². The number of nitrogens with one attached hydrogen (secondary N) is 1. The molecule has 0 radical (unpaired) electrons. The van der Waals surface area contributed by atoms with Crippen molar-refractivity contribution in [3.63, 3.8) is 0 Å². The third-order valence-corrected chi connectivity index (χ3v) is 2.79. The topological polar surface area (TPSA) is 24.4 Å². The summed E-state index contributed by atoms with van der Waals surface area (Å²) in [7, 11) is 0. The minimum Gasteiger partial charge on any atom is -0.278 e. The van der Waals surface area contributed by atoms with Crippen LogP contribution in [0.3, 0.4) is 0 Å². The third-order valence-electron chi connectivity index (χ3n) is 1.98. The molecule has 0 saturated carbocycles. The molecule has 0 spiro atoms. The number of aryl methyl sites for hydroxylation is 1. The van der Waals surface area contributed by atoms with E-state index in [0.717, 1.165) is 10.6 Å². The number of thiophene rings is 1. The maximum absolute atomic E-state index is 4.15. The quantitative estimate of drug-likeness (QED) is 0.616. The molecule has 2 rings (SSSR count). The molecule has 76 valence electrons. The van der Waals surface area contributed by atoms with E-state index in [2.05, 4.69) is 29.6 Å². The highest BCUT2D eigenvalue weighted by molar-refractivity contribution is 7.11. The summed E-state index contributed by atoms with van der Waals surface area (Å²) >= 11 is 1.67. The highest BCUT2D eigenvalue weighted by atomic mass is 32.1. The summed E-state index contributed by atoms with van der Waals surface area (Å²) in [5, 5.41) is 6.18. The van der Waals surface area contributed by atoms with Crippen molar-refractivity contribution in [3.05, 3.63) is 52.2 Å². The molecule has 0 aliphatic heterocycles. The number of nitrogens with zero attached hydrogens (tertiary/aromatic N) is 1. The fourth-order valence-corrected chi connectivity index (χ4v) is 1.75. The Kier molecular flexibility index (Phi) is 3.15. The molecule has 0 saturated heterocycles. The number of hydrogen-bond acceptors (Lipinski definition) is 3. The fourth-order valence-electron chi connectivity index (χ4n) is 1.16. The molecule has 0 atom stereocenters. The van der Waals surface area contributed by atoms with Crippen LogP contribution in [0.4, 0.5) is 5.69 Å². The van der Waals surface area contributed by atoms with Gasteiger partial charge in [0.25, 0.3) is 0 Å². The van der Waals surface area contributed by atoms with Crippen LogP contribution in [0.5, 0.6) is 0 Å². The molecule has 1 aromatic heterocycles. The van der Waals surface area contributed by atoms with Crippen molar-refractivity contribution < 1.29 is 0 Å². The van der Waals surface area contributed by atoms with Gasteiger partial charge in [-0.1, -0.05) is 23.8 Å². The van der Waals surface area contributed by atoms with Gasteiger partial charge in [-0.15, -0.1) is 11.3 Å². The molecule has 0 amide bonds. The lowest BCUT2D eigenvalue weighted by molar-refractivity contribution is 1.34. The van der Waals surface area contributed by atoms with E-state index in [1.54, 1.807) is 11.3 Å². The lowest BCUT2D eigenvalue weighted by Crippen LogP contribution is -1.88. The Morgan fingerprint density at radius 2 is 2.00 bits per heavy atom. The number of benzene rings is 1. The smallest absolute Gasteiger partial charge is 0.0644 e. The molecule has 2 nitrogen and oxygen atoms in total. The van der Waals surface area contributed by atoms with Crippen LogP contribution in [0.2, 0.25) is 0 Å². The van der Waals surface area contributed by atoms with Gasteiger partial charge in [0.2, 0.25) is 0 Å². The van der Waals surface area contributed by atoms with Gasteiger partial charge in [0, 0.05) is 4.88 Å². The van der Waals surface area contributed by atoms with Gasteiger partial charge >= 0.3 is 0 Å². The summed E-state index contributed by atoms with van der Waals surface area (Å²) in [6.07, 6.45) is 1.82. The predicted molar refractivity (Wildman–Crippen MR) is 66.7 cm³/mol. The second-order valence-electron chi connectivity index (χ2n) is 3.25. The molecule has 1 N–H and O–H groups in total. The summed E-state index contributed by atoms with van der Waals surface area (Å²) in [6.45, 7) is 2.07. The van der Waals surface area contributed by atoms with Crippen molar-refractivity contribution in [2.24, 2.45) is 5.10 Å². The summed E-state index contributed by atoms with van der Waals surface area (Å²) < 4.78 is 0. The number of rotatable bonds is 3. The van der Waals surface area contributed by atoms with E-state index in [1.165, 1.54) is 5.56 Å². The van der Waals surface area contributed by atoms with Crippen molar-refractivity contribution in [1.29, 1.82) is 0 Å². The standard InChI is InChI=1S/C12H12N2S/c1-10-4-6-11(7-5-10)14-13-9-12-3-2-8-15-12/h2-9,14H,1H3/b13-9-. The molecule has 0 aliphatic carbocycles. The minimum absolute atomic E-state index is 1.01. The first-order chi connectivity index (χ1) is 7.34. The zero-order chi connectivity index (χ0) is 10.5. The lowest BCUT2D eigenvalue weighted by atomic mass is 10.2. The normalized spacial score (nSPS) is 10.7. The Hall–Kier alpha value is -1.61. The Labute approximate surface area is 93.3 Å². The van der Waals surface area contributed by atoms with Crippen LogP contribution in [0, 0.1) is 6.92 Å². The molecule has 0 aliphatic rings. The summed E-state index contributed by atoms with van der Waals surface area (Å²) in [6, 6.07) is 12.2. The Morgan fingerprint density at radius 1 is 1.20 bits per heavy atom. The largest absolute Gasteiger partial charge is 0.278 e.